The molecule has 2 heterocycles. The molecule has 0 fully saturated rings. The Hall–Kier alpha value is -1.33. The highest BCUT2D eigenvalue weighted by atomic mass is 35.5. The van der Waals surface area contributed by atoms with Crippen molar-refractivity contribution in [2.24, 2.45) is 13.0 Å². The predicted molar refractivity (Wildman–Crippen MR) is 78.1 cm³/mol. The summed E-state index contributed by atoms with van der Waals surface area (Å²) in [6, 6.07) is 2.07. The topological polar surface area (TPSA) is 47.7 Å². The van der Waals surface area contributed by atoms with Crippen molar-refractivity contribution < 1.29 is 0 Å². The van der Waals surface area contributed by atoms with Crippen LogP contribution in [0.1, 0.15) is 25.1 Å². The highest BCUT2D eigenvalue weighted by Crippen LogP contribution is 2.04. The van der Waals surface area contributed by atoms with Gasteiger partial charge in [0.2, 0.25) is 0 Å². The van der Waals surface area contributed by atoms with Crippen molar-refractivity contribution in [3.05, 3.63) is 35.9 Å². The average molecular weight is 284 g/mol. The lowest BCUT2D eigenvalue weighted by Crippen LogP contribution is -2.17. The summed E-state index contributed by atoms with van der Waals surface area (Å²) < 4.78 is 3.89. The van der Waals surface area contributed by atoms with E-state index in [4.69, 9.17) is 0 Å². The lowest BCUT2D eigenvalue weighted by Gasteiger charge is -2.10. The zero-order valence-corrected chi connectivity index (χ0v) is 12.5. The summed E-state index contributed by atoms with van der Waals surface area (Å²) in [7, 11) is 1.93. The quantitative estimate of drug-likeness (QED) is 0.882. The van der Waals surface area contributed by atoms with E-state index in [1.165, 1.54) is 11.3 Å². The van der Waals surface area contributed by atoms with Crippen molar-refractivity contribution in [1.29, 1.82) is 0 Å². The Labute approximate surface area is 120 Å². The summed E-state index contributed by atoms with van der Waals surface area (Å²) in [5.74, 6) is 0.613. The molecule has 2 aromatic rings. The summed E-state index contributed by atoms with van der Waals surface area (Å²) in [6.07, 6.45) is 5.78. The van der Waals surface area contributed by atoms with Gasteiger partial charge in [-0.15, -0.1) is 12.4 Å². The molecule has 5 nitrogen and oxygen atoms in total. The van der Waals surface area contributed by atoms with Crippen LogP contribution in [-0.4, -0.2) is 19.6 Å². The normalized spacial score (nSPS) is 10.7. The Morgan fingerprint density at radius 3 is 2.68 bits per heavy atom. The fourth-order valence-electron chi connectivity index (χ4n) is 1.92. The number of aryl methyl sites for hydroxylation is 1. The van der Waals surface area contributed by atoms with Crippen LogP contribution in [0, 0.1) is 5.92 Å². The lowest BCUT2D eigenvalue weighted by atomic mass is 10.2. The van der Waals surface area contributed by atoms with Crippen molar-refractivity contribution in [3.8, 4) is 0 Å². The molecule has 1 N–H and O–H groups in total. The van der Waals surface area contributed by atoms with Gasteiger partial charge in [0.1, 0.15) is 0 Å². The van der Waals surface area contributed by atoms with Crippen LogP contribution in [-0.2, 0) is 26.7 Å². The van der Waals surface area contributed by atoms with Gasteiger partial charge in [-0.1, -0.05) is 13.8 Å². The van der Waals surface area contributed by atoms with Crippen LogP contribution in [0.5, 0.6) is 0 Å². The Kier molecular flexibility index (Phi) is 6.05. The molecule has 0 aromatic carbocycles. The number of halogens is 1. The van der Waals surface area contributed by atoms with Crippen LogP contribution in [0.3, 0.4) is 0 Å². The highest BCUT2D eigenvalue weighted by Gasteiger charge is 2.04. The van der Waals surface area contributed by atoms with Crippen LogP contribution in [0.25, 0.3) is 0 Å². The molecule has 0 unspecified atom stereocenters. The zero-order chi connectivity index (χ0) is 13.0. The summed E-state index contributed by atoms with van der Waals surface area (Å²) in [5, 5.41) is 11.9. The highest BCUT2D eigenvalue weighted by molar-refractivity contribution is 5.85. The van der Waals surface area contributed by atoms with Crippen LogP contribution in [0.4, 0.5) is 0 Å². The smallest absolute Gasteiger partial charge is 0.0534 e. The summed E-state index contributed by atoms with van der Waals surface area (Å²) in [6.45, 7) is 7.04. The summed E-state index contributed by atoms with van der Waals surface area (Å²) in [5.41, 5.74) is 2.43. The monoisotopic (exact) mass is 283 g/mol. The summed E-state index contributed by atoms with van der Waals surface area (Å²) >= 11 is 0. The van der Waals surface area contributed by atoms with Crippen molar-refractivity contribution >= 4 is 12.4 Å². The van der Waals surface area contributed by atoms with E-state index in [2.05, 4.69) is 40.1 Å². The first-order valence-corrected chi connectivity index (χ1v) is 6.34. The Balaban J connectivity index is 0.00000180. The number of aromatic nitrogens is 4. The molecule has 0 aliphatic carbocycles. The number of nitrogens with zero attached hydrogens (tertiary/aromatic N) is 4. The van der Waals surface area contributed by atoms with E-state index in [0.717, 1.165) is 19.6 Å². The minimum absolute atomic E-state index is 0. The lowest BCUT2D eigenvalue weighted by molar-refractivity contribution is 0.461. The van der Waals surface area contributed by atoms with Crippen LogP contribution < -0.4 is 5.32 Å². The molecule has 0 aliphatic heterocycles. The molecule has 0 spiro atoms. The maximum Gasteiger partial charge on any atom is 0.0534 e. The van der Waals surface area contributed by atoms with Gasteiger partial charge in [0.15, 0.2) is 0 Å². The van der Waals surface area contributed by atoms with Crippen LogP contribution in [0.15, 0.2) is 24.7 Å². The summed E-state index contributed by atoms with van der Waals surface area (Å²) in [4.78, 5) is 0. The van der Waals surface area contributed by atoms with Gasteiger partial charge < -0.3 is 5.32 Å². The number of hydrogen-bond acceptors (Lipinski definition) is 3. The van der Waals surface area contributed by atoms with E-state index in [1.54, 1.807) is 0 Å². The molecule has 0 atom stereocenters. The largest absolute Gasteiger partial charge is 0.307 e. The molecule has 0 saturated heterocycles. The van der Waals surface area contributed by atoms with E-state index in [1.807, 2.05) is 30.3 Å². The maximum atomic E-state index is 4.35. The molecule has 106 valence electrons. The Morgan fingerprint density at radius 1 is 1.26 bits per heavy atom. The van der Waals surface area contributed by atoms with Crippen molar-refractivity contribution in [3.63, 3.8) is 0 Å². The van der Waals surface area contributed by atoms with Gasteiger partial charge in [-0.2, -0.15) is 10.2 Å². The third-order valence-corrected chi connectivity index (χ3v) is 2.74. The third kappa shape index (κ3) is 4.69. The molecule has 0 bridgehead atoms. The van der Waals surface area contributed by atoms with E-state index in [-0.39, 0.29) is 12.4 Å². The molecule has 0 aliphatic rings. The van der Waals surface area contributed by atoms with E-state index in [0.29, 0.717) is 5.92 Å². The first-order chi connectivity index (χ1) is 8.65. The van der Waals surface area contributed by atoms with Crippen LogP contribution >= 0.6 is 12.4 Å². The average Bonchev–Trinajstić information content (AvgIpc) is 2.88. The van der Waals surface area contributed by atoms with Crippen molar-refractivity contribution in [2.75, 3.05) is 0 Å². The first kappa shape index (κ1) is 15.7. The second-order valence-electron chi connectivity index (χ2n) is 5.02. The number of hydrogen-bond donors (Lipinski definition) is 1. The molecular formula is C13H22ClN5. The maximum absolute atomic E-state index is 4.35. The van der Waals surface area contributed by atoms with Gasteiger partial charge >= 0.3 is 0 Å². The predicted octanol–water partition coefficient (Wildman–Crippen LogP) is 1.98. The van der Waals surface area contributed by atoms with Gasteiger partial charge in [0.25, 0.3) is 0 Å². The molecule has 0 radical (unpaired) electrons. The Morgan fingerprint density at radius 2 is 2.05 bits per heavy atom. The molecule has 0 amide bonds. The third-order valence-electron chi connectivity index (χ3n) is 2.74. The molecular weight excluding hydrogens is 262 g/mol. The Bertz CT molecular complexity index is 489. The van der Waals surface area contributed by atoms with Gasteiger partial charge in [-0.05, 0) is 12.0 Å². The minimum Gasteiger partial charge on any atom is -0.307 e. The first-order valence-electron chi connectivity index (χ1n) is 6.34. The van der Waals surface area contributed by atoms with E-state index in [9.17, 15) is 0 Å². The van der Waals surface area contributed by atoms with Crippen molar-refractivity contribution in [2.45, 2.75) is 33.5 Å². The molecule has 2 rings (SSSR count). The molecule has 6 heteroatoms. The SMILES string of the molecule is CC(C)Cn1nccc1CNCc1cnn(C)c1.Cl. The van der Waals surface area contributed by atoms with E-state index < -0.39 is 0 Å². The molecule has 19 heavy (non-hydrogen) atoms. The molecule has 2 aromatic heterocycles. The minimum atomic E-state index is 0. The fraction of sp³-hybridized carbons (Fsp3) is 0.538. The van der Waals surface area contributed by atoms with Crippen LogP contribution in [0.2, 0.25) is 0 Å². The van der Waals surface area contributed by atoms with Gasteiger partial charge in [0, 0.05) is 44.6 Å². The second-order valence-corrected chi connectivity index (χ2v) is 5.02. The van der Waals surface area contributed by atoms with Gasteiger partial charge in [-0.25, -0.2) is 0 Å². The number of nitrogens with one attached hydrogen (secondary N) is 1. The standard InChI is InChI=1S/C13H21N5.ClH/c1-11(2)9-18-13(4-5-15-18)8-14-6-12-7-16-17(3)10-12;/h4-5,7,10-11,14H,6,8-9H2,1-3H3;1H. The van der Waals surface area contributed by atoms with Gasteiger partial charge in [-0.3, -0.25) is 9.36 Å². The van der Waals surface area contributed by atoms with Gasteiger partial charge in [0.05, 0.1) is 11.9 Å². The van der Waals surface area contributed by atoms with E-state index >= 15 is 0 Å². The second kappa shape index (κ2) is 7.31. The molecule has 0 saturated carbocycles. The number of rotatable bonds is 6. The zero-order valence-electron chi connectivity index (χ0n) is 11.7. The van der Waals surface area contributed by atoms with Crippen molar-refractivity contribution in [1.82, 2.24) is 24.9 Å². The fourth-order valence-corrected chi connectivity index (χ4v) is 1.92.